The van der Waals surface area contributed by atoms with Crippen molar-refractivity contribution in [1.29, 1.82) is 0 Å². The van der Waals surface area contributed by atoms with E-state index in [0.717, 1.165) is 62.4 Å². The number of esters is 2. The lowest BCUT2D eigenvalue weighted by Crippen LogP contribution is -2.30. The van der Waals surface area contributed by atoms with Gasteiger partial charge in [0.05, 0.1) is 23.2 Å². The third-order valence-corrected chi connectivity index (χ3v) is 10.3. The first-order valence-electron chi connectivity index (χ1n) is 14.7. The van der Waals surface area contributed by atoms with Gasteiger partial charge in [-0.05, 0) is 93.4 Å². The summed E-state index contributed by atoms with van der Waals surface area (Å²) in [4.78, 5) is 24.0. The number of carbonyl (C=O) groups excluding carboxylic acids is 2. The van der Waals surface area contributed by atoms with E-state index in [9.17, 15) is 18.0 Å². The molecular weight excluding hydrogens is 500 g/mol. The summed E-state index contributed by atoms with van der Waals surface area (Å²) in [7, 11) is -3.40. The Morgan fingerprint density at radius 1 is 0.895 bits per heavy atom. The molecule has 0 saturated heterocycles. The van der Waals surface area contributed by atoms with Crippen LogP contribution in [0.5, 0.6) is 5.75 Å². The molecular formula is C31H46O6S. The van der Waals surface area contributed by atoms with Crippen LogP contribution in [0.25, 0.3) is 0 Å². The van der Waals surface area contributed by atoms with Gasteiger partial charge in [0.15, 0.2) is 9.84 Å². The molecule has 0 amide bonds. The molecule has 2 aliphatic carbocycles. The Labute approximate surface area is 229 Å². The molecule has 0 unspecified atom stereocenters. The lowest BCUT2D eigenvalue weighted by atomic mass is 9.69. The molecule has 2 saturated carbocycles. The third-order valence-electron chi connectivity index (χ3n) is 8.48. The molecule has 2 aliphatic rings. The highest BCUT2D eigenvalue weighted by Crippen LogP contribution is 2.42. The molecule has 212 valence electrons. The second-order valence-corrected chi connectivity index (χ2v) is 13.3. The molecule has 0 radical (unpaired) electrons. The van der Waals surface area contributed by atoms with Gasteiger partial charge in [-0.1, -0.05) is 52.0 Å². The van der Waals surface area contributed by atoms with Crippen LogP contribution in [0.3, 0.4) is 0 Å². The molecule has 0 bridgehead atoms. The number of carbonyl (C=O) groups is 2. The highest BCUT2D eigenvalue weighted by Gasteiger charge is 2.33. The summed E-state index contributed by atoms with van der Waals surface area (Å²) < 4.78 is 35.8. The number of sulfone groups is 1. The van der Waals surface area contributed by atoms with Crippen molar-refractivity contribution in [3.8, 4) is 5.75 Å². The molecule has 3 rings (SSSR count). The van der Waals surface area contributed by atoms with Gasteiger partial charge in [0.2, 0.25) is 0 Å². The van der Waals surface area contributed by atoms with Crippen LogP contribution in [0, 0.1) is 23.7 Å². The van der Waals surface area contributed by atoms with Crippen molar-refractivity contribution in [2.75, 3.05) is 12.4 Å². The number of ether oxygens (including phenoxy) is 2. The minimum absolute atomic E-state index is 0.0576. The fourth-order valence-corrected chi connectivity index (χ4v) is 7.57. The van der Waals surface area contributed by atoms with Crippen LogP contribution >= 0.6 is 0 Å². The van der Waals surface area contributed by atoms with Crippen molar-refractivity contribution in [1.82, 2.24) is 0 Å². The Kier molecular flexibility index (Phi) is 12.4. The van der Waals surface area contributed by atoms with Gasteiger partial charge in [0, 0.05) is 6.08 Å². The van der Waals surface area contributed by atoms with E-state index in [1.54, 1.807) is 12.1 Å². The molecule has 0 aromatic heterocycles. The number of hydrogen-bond acceptors (Lipinski definition) is 6. The van der Waals surface area contributed by atoms with Crippen LogP contribution in [0.2, 0.25) is 0 Å². The normalized spacial score (nSPS) is 23.9. The Morgan fingerprint density at radius 2 is 1.50 bits per heavy atom. The van der Waals surface area contributed by atoms with Gasteiger partial charge >= 0.3 is 11.9 Å². The van der Waals surface area contributed by atoms with Crippen LogP contribution in [0.4, 0.5) is 0 Å². The minimum atomic E-state index is -3.40. The van der Waals surface area contributed by atoms with Crippen molar-refractivity contribution in [2.24, 2.45) is 23.7 Å². The van der Waals surface area contributed by atoms with Gasteiger partial charge in [0.1, 0.15) is 5.75 Å². The molecule has 0 aliphatic heterocycles. The first-order valence-corrected chi connectivity index (χ1v) is 16.3. The smallest absolute Gasteiger partial charge is 0.330 e. The van der Waals surface area contributed by atoms with Crippen LogP contribution in [-0.4, -0.2) is 32.7 Å². The number of unbranched alkanes of at least 4 members (excludes halogenated alkanes) is 3. The summed E-state index contributed by atoms with van der Waals surface area (Å²) >= 11 is 0. The SMILES string of the molecule is C=CC(=O)OCCCCCCS(=O)(=O)c1ccc(OC(=O)C2CCC(C3CCC(CCC)CC3)CC2)cc1. The Balaban J connectivity index is 1.36. The molecule has 1 aromatic carbocycles. The van der Waals surface area contributed by atoms with E-state index in [1.165, 1.54) is 50.7 Å². The van der Waals surface area contributed by atoms with E-state index in [-0.39, 0.29) is 22.5 Å². The number of benzene rings is 1. The van der Waals surface area contributed by atoms with Crippen molar-refractivity contribution < 1.29 is 27.5 Å². The molecule has 38 heavy (non-hydrogen) atoms. The maximum Gasteiger partial charge on any atom is 0.330 e. The van der Waals surface area contributed by atoms with Gasteiger partial charge in [-0.2, -0.15) is 0 Å². The molecule has 0 N–H and O–H groups in total. The summed E-state index contributed by atoms with van der Waals surface area (Å²) in [6.45, 7) is 5.94. The zero-order valence-corrected chi connectivity index (χ0v) is 23.9. The highest BCUT2D eigenvalue weighted by atomic mass is 32.2. The second-order valence-electron chi connectivity index (χ2n) is 11.2. The first-order chi connectivity index (χ1) is 18.3. The van der Waals surface area contributed by atoms with Crippen LogP contribution in [0.1, 0.15) is 96.8 Å². The van der Waals surface area contributed by atoms with Crippen molar-refractivity contribution in [3.63, 3.8) is 0 Å². The van der Waals surface area contributed by atoms with E-state index in [1.807, 2.05) is 0 Å². The Hall–Kier alpha value is -2.15. The summed E-state index contributed by atoms with van der Waals surface area (Å²) in [6.07, 6.45) is 16.0. The van der Waals surface area contributed by atoms with E-state index in [2.05, 4.69) is 13.5 Å². The first kappa shape index (κ1) is 30.4. The molecule has 0 heterocycles. The molecule has 0 atom stereocenters. The maximum atomic E-state index is 12.8. The van der Waals surface area contributed by atoms with Crippen molar-refractivity contribution in [3.05, 3.63) is 36.9 Å². The van der Waals surface area contributed by atoms with Gasteiger partial charge in [-0.25, -0.2) is 13.2 Å². The van der Waals surface area contributed by atoms with Gasteiger partial charge in [0.25, 0.3) is 0 Å². The lowest BCUT2D eigenvalue weighted by molar-refractivity contribution is -0.140. The van der Waals surface area contributed by atoms with E-state index < -0.39 is 15.8 Å². The molecule has 1 aromatic rings. The average Bonchev–Trinajstić information content (AvgIpc) is 2.93. The highest BCUT2D eigenvalue weighted by molar-refractivity contribution is 7.91. The summed E-state index contributed by atoms with van der Waals surface area (Å²) in [5, 5.41) is 0. The summed E-state index contributed by atoms with van der Waals surface area (Å²) in [6, 6.07) is 6.22. The monoisotopic (exact) mass is 546 g/mol. The Bertz CT molecular complexity index is 984. The van der Waals surface area contributed by atoms with Gasteiger partial charge in [-0.3, -0.25) is 4.79 Å². The van der Waals surface area contributed by atoms with Crippen molar-refractivity contribution in [2.45, 2.75) is 102 Å². The van der Waals surface area contributed by atoms with Crippen molar-refractivity contribution >= 4 is 21.8 Å². The lowest BCUT2D eigenvalue weighted by Gasteiger charge is -2.37. The van der Waals surface area contributed by atoms with E-state index >= 15 is 0 Å². The zero-order chi connectivity index (χ0) is 27.4. The number of rotatable bonds is 14. The largest absolute Gasteiger partial charge is 0.463 e. The zero-order valence-electron chi connectivity index (χ0n) is 23.1. The molecule has 0 spiro atoms. The molecule has 2 fully saturated rings. The average molecular weight is 547 g/mol. The predicted octanol–water partition coefficient (Wildman–Crippen LogP) is 7.07. The van der Waals surface area contributed by atoms with Gasteiger partial charge in [-0.15, -0.1) is 0 Å². The summed E-state index contributed by atoms with van der Waals surface area (Å²) in [5.74, 6) is 2.27. The van der Waals surface area contributed by atoms with Crippen LogP contribution in [0.15, 0.2) is 41.8 Å². The van der Waals surface area contributed by atoms with Crippen LogP contribution < -0.4 is 4.74 Å². The minimum Gasteiger partial charge on any atom is -0.463 e. The molecule has 7 heteroatoms. The Morgan fingerprint density at radius 3 is 2.11 bits per heavy atom. The van der Waals surface area contributed by atoms with Crippen LogP contribution in [-0.2, 0) is 24.2 Å². The summed E-state index contributed by atoms with van der Waals surface area (Å²) in [5.41, 5.74) is 0. The predicted molar refractivity (Wildman–Crippen MR) is 150 cm³/mol. The maximum absolute atomic E-state index is 12.8. The molecule has 6 nitrogen and oxygen atoms in total. The fraction of sp³-hybridized carbons (Fsp3) is 0.677. The second kappa shape index (κ2) is 15.4. The van der Waals surface area contributed by atoms with E-state index in [4.69, 9.17) is 9.47 Å². The third kappa shape index (κ3) is 9.55. The fourth-order valence-electron chi connectivity index (χ4n) is 6.19. The standard InChI is InChI=1S/C31H46O6S/c1-3-9-24-10-12-25(13-11-24)26-14-16-27(17-15-26)31(33)37-28-18-20-29(21-19-28)38(34,35)23-8-6-5-7-22-36-30(32)4-2/h4,18-21,24-27H,2-3,5-17,22-23H2,1H3. The quantitative estimate of drug-likeness (QED) is 0.107. The van der Waals surface area contributed by atoms with Gasteiger partial charge < -0.3 is 9.47 Å². The topological polar surface area (TPSA) is 86.7 Å². The number of hydrogen-bond donors (Lipinski definition) is 0. The van der Waals surface area contributed by atoms with E-state index in [0.29, 0.717) is 25.2 Å².